The van der Waals surface area contributed by atoms with E-state index in [0.29, 0.717) is 10.9 Å². The van der Waals surface area contributed by atoms with Crippen LogP contribution in [-0.2, 0) is 0 Å². The third kappa shape index (κ3) is 2.36. The van der Waals surface area contributed by atoms with Gasteiger partial charge in [0.25, 0.3) is 0 Å². The van der Waals surface area contributed by atoms with Gasteiger partial charge >= 0.3 is 0 Å². The van der Waals surface area contributed by atoms with Crippen molar-refractivity contribution in [3.63, 3.8) is 0 Å². The van der Waals surface area contributed by atoms with Gasteiger partial charge in [0.1, 0.15) is 5.82 Å². The molecule has 0 fully saturated rings. The van der Waals surface area contributed by atoms with Crippen molar-refractivity contribution < 1.29 is 0 Å². The first kappa shape index (κ1) is 11.4. The van der Waals surface area contributed by atoms with Crippen LogP contribution in [0.5, 0.6) is 0 Å². The first-order valence-electron chi connectivity index (χ1n) is 5.47. The molecule has 86 valence electrons. The van der Waals surface area contributed by atoms with Crippen molar-refractivity contribution in [2.24, 2.45) is 11.7 Å². The molecule has 1 aromatic carbocycles. The number of benzene rings is 1. The number of nitrogens with two attached hydrogens (primary N) is 1. The fourth-order valence-electron chi connectivity index (χ4n) is 1.80. The Labute approximate surface area is 100 Å². The molecule has 1 heterocycles. The van der Waals surface area contributed by atoms with Crippen molar-refractivity contribution in [3.05, 3.63) is 29.0 Å². The minimum atomic E-state index is -0.0359. The summed E-state index contributed by atoms with van der Waals surface area (Å²) in [5, 5.41) is 0.708. The molecule has 0 aliphatic carbocycles. The predicted molar refractivity (Wildman–Crippen MR) is 67.5 cm³/mol. The van der Waals surface area contributed by atoms with E-state index >= 15 is 0 Å². The van der Waals surface area contributed by atoms with E-state index in [2.05, 4.69) is 23.8 Å². The lowest BCUT2D eigenvalue weighted by molar-refractivity contribution is 0.496. The fourth-order valence-corrected chi connectivity index (χ4v) is 1.97. The Morgan fingerprint density at radius 1 is 1.44 bits per heavy atom. The van der Waals surface area contributed by atoms with E-state index < -0.39 is 0 Å². The van der Waals surface area contributed by atoms with Crippen LogP contribution in [0, 0.1) is 5.92 Å². The number of aromatic nitrogens is 2. The molecule has 1 atom stereocenters. The van der Waals surface area contributed by atoms with Crippen molar-refractivity contribution >= 4 is 22.6 Å². The summed E-state index contributed by atoms with van der Waals surface area (Å²) in [6.45, 7) is 4.30. The van der Waals surface area contributed by atoms with E-state index in [-0.39, 0.29) is 6.04 Å². The summed E-state index contributed by atoms with van der Waals surface area (Å²) in [6, 6.07) is 5.57. The Morgan fingerprint density at radius 3 is 2.88 bits per heavy atom. The zero-order valence-corrected chi connectivity index (χ0v) is 10.3. The number of nitrogens with zero attached hydrogens (tertiary/aromatic N) is 1. The van der Waals surface area contributed by atoms with Crippen LogP contribution in [-0.4, -0.2) is 9.97 Å². The third-order valence-corrected chi connectivity index (χ3v) is 2.77. The van der Waals surface area contributed by atoms with Gasteiger partial charge in [0.15, 0.2) is 0 Å². The molecule has 0 amide bonds. The molecule has 0 unspecified atom stereocenters. The number of rotatable bonds is 3. The summed E-state index contributed by atoms with van der Waals surface area (Å²) >= 11 is 5.91. The lowest BCUT2D eigenvalue weighted by atomic mass is 10.0. The van der Waals surface area contributed by atoms with Gasteiger partial charge in [0.2, 0.25) is 0 Å². The molecule has 0 spiro atoms. The second kappa shape index (κ2) is 4.44. The summed E-state index contributed by atoms with van der Waals surface area (Å²) in [5.74, 6) is 1.40. The molecule has 0 bridgehead atoms. The molecule has 2 rings (SSSR count). The van der Waals surface area contributed by atoms with Crippen LogP contribution in [0.2, 0.25) is 5.02 Å². The van der Waals surface area contributed by atoms with E-state index in [9.17, 15) is 0 Å². The van der Waals surface area contributed by atoms with Crippen molar-refractivity contribution in [1.29, 1.82) is 0 Å². The monoisotopic (exact) mass is 237 g/mol. The van der Waals surface area contributed by atoms with Gasteiger partial charge in [0.05, 0.1) is 17.1 Å². The molecule has 16 heavy (non-hydrogen) atoms. The van der Waals surface area contributed by atoms with Gasteiger partial charge < -0.3 is 10.7 Å². The lowest BCUT2D eigenvalue weighted by Gasteiger charge is -2.10. The summed E-state index contributed by atoms with van der Waals surface area (Å²) < 4.78 is 0. The molecule has 1 aromatic heterocycles. The summed E-state index contributed by atoms with van der Waals surface area (Å²) in [4.78, 5) is 7.69. The number of nitrogens with one attached hydrogen (secondary N) is 1. The molecule has 0 aliphatic heterocycles. The van der Waals surface area contributed by atoms with E-state index in [1.807, 2.05) is 18.2 Å². The van der Waals surface area contributed by atoms with Gasteiger partial charge in [-0.3, -0.25) is 0 Å². The highest BCUT2D eigenvalue weighted by molar-refractivity contribution is 6.31. The number of imidazole rings is 1. The number of H-pyrrole nitrogens is 1. The minimum absolute atomic E-state index is 0.0359. The topological polar surface area (TPSA) is 54.7 Å². The molecule has 0 saturated carbocycles. The average Bonchev–Trinajstić information content (AvgIpc) is 2.59. The zero-order chi connectivity index (χ0) is 11.7. The molecule has 0 radical (unpaired) electrons. The van der Waals surface area contributed by atoms with Gasteiger partial charge in [-0.1, -0.05) is 25.4 Å². The first-order valence-corrected chi connectivity index (χ1v) is 5.85. The Morgan fingerprint density at radius 2 is 2.19 bits per heavy atom. The van der Waals surface area contributed by atoms with E-state index in [4.69, 9.17) is 17.3 Å². The number of aromatic amines is 1. The van der Waals surface area contributed by atoms with Crippen molar-refractivity contribution in [3.8, 4) is 0 Å². The van der Waals surface area contributed by atoms with E-state index in [1.165, 1.54) is 0 Å². The van der Waals surface area contributed by atoms with E-state index in [0.717, 1.165) is 23.3 Å². The maximum absolute atomic E-state index is 6.07. The number of fused-ring (bicyclic) bond motifs is 1. The third-order valence-electron chi connectivity index (χ3n) is 2.54. The maximum Gasteiger partial charge on any atom is 0.124 e. The van der Waals surface area contributed by atoms with Crippen LogP contribution < -0.4 is 5.73 Å². The highest BCUT2D eigenvalue weighted by atomic mass is 35.5. The molecule has 3 nitrogen and oxygen atoms in total. The van der Waals surface area contributed by atoms with E-state index in [1.54, 1.807) is 0 Å². The second-order valence-corrected chi connectivity index (χ2v) is 4.96. The molecule has 3 N–H and O–H groups in total. The average molecular weight is 238 g/mol. The fraction of sp³-hybridized carbons (Fsp3) is 0.417. The van der Waals surface area contributed by atoms with Gasteiger partial charge in [-0.2, -0.15) is 0 Å². The number of halogens is 1. The molecule has 0 saturated heterocycles. The van der Waals surface area contributed by atoms with Crippen LogP contribution in [0.25, 0.3) is 11.0 Å². The largest absolute Gasteiger partial charge is 0.341 e. The van der Waals surface area contributed by atoms with Gasteiger partial charge in [-0.05, 0) is 30.5 Å². The zero-order valence-electron chi connectivity index (χ0n) is 9.50. The normalized spacial score (nSPS) is 13.6. The molecular weight excluding hydrogens is 222 g/mol. The molecule has 4 heteroatoms. The summed E-state index contributed by atoms with van der Waals surface area (Å²) in [7, 11) is 0. The van der Waals surface area contributed by atoms with Crippen LogP contribution in [0.4, 0.5) is 0 Å². The number of hydrogen-bond donors (Lipinski definition) is 2. The molecule has 2 aromatic rings. The lowest BCUT2D eigenvalue weighted by Crippen LogP contribution is -2.14. The SMILES string of the molecule is CC(C)C[C@@H](N)c1nc2ccc(Cl)cc2[nH]1. The quantitative estimate of drug-likeness (QED) is 0.861. The van der Waals surface area contributed by atoms with Crippen LogP contribution >= 0.6 is 11.6 Å². The Balaban J connectivity index is 2.32. The van der Waals surface area contributed by atoms with Crippen molar-refractivity contribution in [2.45, 2.75) is 26.3 Å². The minimum Gasteiger partial charge on any atom is -0.341 e. The van der Waals surface area contributed by atoms with Gasteiger partial charge in [-0.15, -0.1) is 0 Å². The first-order chi connectivity index (χ1) is 7.56. The predicted octanol–water partition coefficient (Wildman–Crippen LogP) is 3.26. The Kier molecular flexibility index (Phi) is 3.17. The highest BCUT2D eigenvalue weighted by Crippen LogP contribution is 2.21. The van der Waals surface area contributed by atoms with Crippen LogP contribution in [0.1, 0.15) is 32.1 Å². The van der Waals surface area contributed by atoms with Crippen LogP contribution in [0.15, 0.2) is 18.2 Å². The maximum atomic E-state index is 6.07. The Hall–Kier alpha value is -1.06. The smallest absolute Gasteiger partial charge is 0.124 e. The van der Waals surface area contributed by atoms with Crippen molar-refractivity contribution in [2.75, 3.05) is 0 Å². The standard InChI is InChI=1S/C12H16ClN3/c1-7(2)5-9(14)12-15-10-4-3-8(13)6-11(10)16-12/h3-4,6-7,9H,5,14H2,1-2H3,(H,15,16)/t9-/m1/s1. The van der Waals surface area contributed by atoms with Crippen LogP contribution in [0.3, 0.4) is 0 Å². The summed E-state index contributed by atoms with van der Waals surface area (Å²) in [5.41, 5.74) is 7.93. The molecule has 0 aliphatic rings. The van der Waals surface area contributed by atoms with Gasteiger partial charge in [-0.25, -0.2) is 4.98 Å². The second-order valence-electron chi connectivity index (χ2n) is 4.52. The summed E-state index contributed by atoms with van der Waals surface area (Å²) in [6.07, 6.45) is 0.924. The van der Waals surface area contributed by atoms with Crippen molar-refractivity contribution in [1.82, 2.24) is 9.97 Å². The molecular formula is C12H16ClN3. The highest BCUT2D eigenvalue weighted by Gasteiger charge is 2.12. The Bertz CT molecular complexity index is 490. The van der Waals surface area contributed by atoms with Gasteiger partial charge in [0, 0.05) is 5.02 Å². The number of hydrogen-bond acceptors (Lipinski definition) is 2.